The molecule has 2 saturated heterocycles. The van der Waals surface area contributed by atoms with Crippen LogP contribution < -0.4 is 9.80 Å². The van der Waals surface area contributed by atoms with Crippen LogP contribution in [0, 0.1) is 6.92 Å². The Morgan fingerprint density at radius 3 is 2.23 bits per heavy atom. The highest BCUT2D eigenvalue weighted by molar-refractivity contribution is 5.50. The van der Waals surface area contributed by atoms with Crippen LogP contribution in [0.4, 0.5) is 11.6 Å². The fraction of sp³-hybridized carbons (Fsp3) is 0.611. The van der Waals surface area contributed by atoms with Gasteiger partial charge >= 0.3 is 0 Å². The Morgan fingerprint density at radius 1 is 0.885 bits per heavy atom. The average Bonchev–Trinajstić information content (AvgIpc) is 3.12. The van der Waals surface area contributed by atoms with Crippen molar-refractivity contribution < 1.29 is 4.74 Å². The van der Waals surface area contributed by atoms with Crippen molar-refractivity contribution in [3.63, 3.8) is 0 Å². The molecule has 4 heterocycles. The van der Waals surface area contributed by atoms with Crippen LogP contribution in [0.3, 0.4) is 0 Å². The van der Waals surface area contributed by atoms with Gasteiger partial charge in [-0.05, 0) is 6.92 Å². The van der Waals surface area contributed by atoms with Gasteiger partial charge in [-0.1, -0.05) is 0 Å². The monoisotopic (exact) mass is 357 g/mol. The summed E-state index contributed by atoms with van der Waals surface area (Å²) in [6.07, 6.45) is 5.61. The van der Waals surface area contributed by atoms with Crippen LogP contribution in [-0.2, 0) is 11.3 Å². The number of hydrogen-bond donors (Lipinski definition) is 0. The number of morpholine rings is 1. The summed E-state index contributed by atoms with van der Waals surface area (Å²) in [4.78, 5) is 20.4. The third kappa shape index (κ3) is 3.96. The molecular weight excluding hydrogens is 330 g/mol. The summed E-state index contributed by atoms with van der Waals surface area (Å²) in [6, 6.07) is 2.12. The third-order valence-corrected chi connectivity index (χ3v) is 5.25. The fourth-order valence-corrected chi connectivity index (χ4v) is 3.57. The zero-order valence-corrected chi connectivity index (χ0v) is 15.4. The lowest BCUT2D eigenvalue weighted by molar-refractivity contribution is 0.122. The number of rotatable bonds is 5. The van der Waals surface area contributed by atoms with Crippen LogP contribution in [0.5, 0.6) is 0 Å². The Balaban J connectivity index is 1.31. The van der Waals surface area contributed by atoms with Gasteiger partial charge in [0.1, 0.15) is 23.8 Å². The van der Waals surface area contributed by atoms with Crippen molar-refractivity contribution >= 4 is 11.6 Å². The van der Waals surface area contributed by atoms with E-state index in [1.54, 1.807) is 6.33 Å². The number of aryl methyl sites for hydroxylation is 1. The predicted octanol–water partition coefficient (Wildman–Crippen LogP) is 0.640. The molecule has 0 amide bonds. The molecule has 0 aromatic carbocycles. The molecule has 2 aromatic heterocycles. The minimum atomic E-state index is 0.772. The summed E-state index contributed by atoms with van der Waals surface area (Å²) in [6.45, 7) is 11.6. The highest BCUT2D eigenvalue weighted by Gasteiger charge is 2.20. The quantitative estimate of drug-likeness (QED) is 0.778. The van der Waals surface area contributed by atoms with Crippen LogP contribution >= 0.6 is 0 Å². The van der Waals surface area contributed by atoms with E-state index in [0.717, 1.165) is 83.0 Å². The summed E-state index contributed by atoms with van der Waals surface area (Å²) in [7, 11) is 0. The summed E-state index contributed by atoms with van der Waals surface area (Å²) >= 11 is 0. The van der Waals surface area contributed by atoms with Gasteiger partial charge in [-0.25, -0.2) is 15.0 Å². The van der Waals surface area contributed by atoms with Gasteiger partial charge in [-0.2, -0.15) is 0 Å². The fourth-order valence-electron chi connectivity index (χ4n) is 3.57. The van der Waals surface area contributed by atoms with Crippen molar-refractivity contribution in [3.05, 3.63) is 30.6 Å². The summed E-state index contributed by atoms with van der Waals surface area (Å²) in [5.74, 6) is 3.13. The zero-order valence-electron chi connectivity index (χ0n) is 15.4. The van der Waals surface area contributed by atoms with E-state index in [4.69, 9.17) is 4.74 Å². The van der Waals surface area contributed by atoms with E-state index in [-0.39, 0.29) is 0 Å². The van der Waals surface area contributed by atoms with Crippen molar-refractivity contribution in [2.75, 3.05) is 68.8 Å². The second kappa shape index (κ2) is 8.01. The number of imidazole rings is 1. The van der Waals surface area contributed by atoms with E-state index < -0.39 is 0 Å². The Morgan fingerprint density at radius 2 is 1.58 bits per heavy atom. The van der Waals surface area contributed by atoms with Crippen molar-refractivity contribution in [3.8, 4) is 0 Å². The van der Waals surface area contributed by atoms with Crippen LogP contribution in [0.25, 0.3) is 0 Å². The van der Waals surface area contributed by atoms with E-state index in [1.165, 1.54) is 0 Å². The molecule has 0 unspecified atom stereocenters. The van der Waals surface area contributed by atoms with Crippen LogP contribution in [0.1, 0.15) is 5.82 Å². The van der Waals surface area contributed by atoms with Gasteiger partial charge in [-0.15, -0.1) is 0 Å². The molecule has 140 valence electrons. The van der Waals surface area contributed by atoms with Gasteiger partial charge in [0.15, 0.2) is 0 Å². The topological polar surface area (TPSA) is 62.6 Å². The maximum atomic E-state index is 5.43. The molecule has 2 fully saturated rings. The standard InChI is InChI=1S/C18H27N7O/c1-16-19-2-3-23(16)7-4-22-5-8-24(9-6-22)17-14-18(21-15-20-17)25-10-12-26-13-11-25/h2-3,14-15H,4-13H2,1H3. The minimum Gasteiger partial charge on any atom is -0.378 e. The highest BCUT2D eigenvalue weighted by Crippen LogP contribution is 2.19. The van der Waals surface area contributed by atoms with E-state index >= 15 is 0 Å². The molecule has 2 aliphatic rings. The molecule has 2 aliphatic heterocycles. The number of nitrogens with zero attached hydrogens (tertiary/aromatic N) is 7. The predicted molar refractivity (Wildman–Crippen MR) is 101 cm³/mol. The number of anilines is 2. The van der Waals surface area contributed by atoms with Gasteiger partial charge in [-0.3, -0.25) is 4.90 Å². The minimum absolute atomic E-state index is 0.772. The van der Waals surface area contributed by atoms with Crippen molar-refractivity contribution in [1.82, 2.24) is 24.4 Å². The van der Waals surface area contributed by atoms with Crippen molar-refractivity contribution in [2.24, 2.45) is 0 Å². The molecule has 0 N–H and O–H groups in total. The van der Waals surface area contributed by atoms with Crippen LogP contribution in [-0.4, -0.2) is 83.4 Å². The third-order valence-electron chi connectivity index (χ3n) is 5.25. The first-order valence-electron chi connectivity index (χ1n) is 9.39. The van der Waals surface area contributed by atoms with Crippen LogP contribution in [0.15, 0.2) is 24.8 Å². The molecule has 0 atom stereocenters. The first kappa shape index (κ1) is 17.2. The number of ether oxygens (including phenoxy) is 1. The Labute approximate surface area is 154 Å². The lowest BCUT2D eigenvalue weighted by atomic mass is 10.3. The lowest BCUT2D eigenvalue weighted by Crippen LogP contribution is -2.47. The van der Waals surface area contributed by atoms with E-state index in [2.05, 4.69) is 53.4 Å². The summed E-state index contributed by atoms with van der Waals surface area (Å²) in [5.41, 5.74) is 0. The Hall–Kier alpha value is -2.19. The van der Waals surface area contributed by atoms with Gasteiger partial charge in [0, 0.05) is 70.8 Å². The van der Waals surface area contributed by atoms with Crippen molar-refractivity contribution in [1.29, 1.82) is 0 Å². The first-order chi connectivity index (χ1) is 12.8. The van der Waals surface area contributed by atoms with E-state index in [1.807, 2.05) is 6.20 Å². The normalized spacial score (nSPS) is 19.1. The molecule has 2 aromatic rings. The molecule has 0 saturated carbocycles. The number of hydrogen-bond acceptors (Lipinski definition) is 7. The van der Waals surface area contributed by atoms with E-state index in [0.29, 0.717) is 0 Å². The maximum Gasteiger partial charge on any atom is 0.134 e. The van der Waals surface area contributed by atoms with Gasteiger partial charge in [0.25, 0.3) is 0 Å². The Bertz CT molecular complexity index is 705. The zero-order chi connectivity index (χ0) is 17.8. The molecule has 0 radical (unpaired) electrons. The summed E-state index contributed by atoms with van der Waals surface area (Å²) < 4.78 is 7.64. The van der Waals surface area contributed by atoms with Crippen molar-refractivity contribution in [2.45, 2.75) is 13.5 Å². The lowest BCUT2D eigenvalue weighted by Gasteiger charge is -2.36. The van der Waals surface area contributed by atoms with E-state index in [9.17, 15) is 0 Å². The first-order valence-corrected chi connectivity index (χ1v) is 9.39. The Kier molecular flexibility index (Phi) is 5.31. The summed E-state index contributed by atoms with van der Waals surface area (Å²) in [5, 5.41) is 0. The van der Waals surface area contributed by atoms with Gasteiger partial charge in [0.05, 0.1) is 13.2 Å². The molecule has 0 bridgehead atoms. The highest BCUT2D eigenvalue weighted by atomic mass is 16.5. The van der Waals surface area contributed by atoms with Gasteiger partial charge in [0.2, 0.25) is 0 Å². The molecule has 0 spiro atoms. The van der Waals surface area contributed by atoms with Crippen LogP contribution in [0.2, 0.25) is 0 Å². The molecule has 8 nitrogen and oxygen atoms in total. The smallest absolute Gasteiger partial charge is 0.134 e. The SMILES string of the molecule is Cc1nccn1CCN1CCN(c2cc(N3CCOCC3)ncn2)CC1. The molecule has 0 aliphatic carbocycles. The average molecular weight is 357 g/mol. The number of aromatic nitrogens is 4. The molecular formula is C18H27N7O. The largest absolute Gasteiger partial charge is 0.378 e. The second-order valence-electron chi connectivity index (χ2n) is 6.83. The van der Waals surface area contributed by atoms with Gasteiger partial charge < -0.3 is 19.1 Å². The molecule has 26 heavy (non-hydrogen) atoms. The number of piperazine rings is 1. The molecule has 4 rings (SSSR count). The maximum absolute atomic E-state index is 5.43. The second-order valence-corrected chi connectivity index (χ2v) is 6.83. The molecule has 8 heteroatoms.